The Labute approximate surface area is 84.2 Å². The molecule has 0 spiro atoms. The molecule has 2 heteroatoms. The molecule has 0 fully saturated rings. The largest absolute Gasteiger partial charge is 0.309 e. The monoisotopic (exact) mass is 195 g/mol. The van der Waals surface area contributed by atoms with Crippen molar-refractivity contribution < 1.29 is 0 Å². The molecular weight excluding hydrogens is 178 g/mol. The van der Waals surface area contributed by atoms with Gasteiger partial charge in [0.2, 0.25) is 0 Å². The van der Waals surface area contributed by atoms with Gasteiger partial charge in [-0.1, -0.05) is 13.8 Å². The van der Waals surface area contributed by atoms with Crippen LogP contribution in [0, 0.1) is 5.92 Å². The average Bonchev–Trinajstić information content (AvgIpc) is 2.51. The van der Waals surface area contributed by atoms with E-state index in [1.165, 1.54) is 12.8 Å². The topological polar surface area (TPSA) is 12.0 Å². The molecule has 1 atom stereocenters. The fraction of sp³-hybridized carbons (Fsp3) is 0.636. The maximum atomic E-state index is 3.60. The van der Waals surface area contributed by atoms with Gasteiger partial charge in [0.05, 0.1) is 0 Å². The first-order chi connectivity index (χ1) is 6.27. The smallest absolute Gasteiger partial charge is 0.0420 e. The van der Waals surface area contributed by atoms with Gasteiger partial charge in [0.1, 0.15) is 0 Å². The molecule has 2 heterocycles. The van der Waals surface area contributed by atoms with Gasteiger partial charge in [-0.15, -0.1) is 11.3 Å². The third-order valence-corrected chi connectivity index (χ3v) is 3.66. The lowest BCUT2D eigenvalue weighted by Gasteiger charge is -2.25. The summed E-state index contributed by atoms with van der Waals surface area (Å²) >= 11 is 1.91. The van der Waals surface area contributed by atoms with Gasteiger partial charge in [0.15, 0.2) is 0 Å². The van der Waals surface area contributed by atoms with Gasteiger partial charge >= 0.3 is 0 Å². The predicted octanol–water partition coefficient (Wildman–Crippen LogP) is 2.98. The van der Waals surface area contributed by atoms with Crippen LogP contribution < -0.4 is 5.32 Å². The second kappa shape index (κ2) is 3.81. The van der Waals surface area contributed by atoms with Crippen molar-refractivity contribution in [1.82, 2.24) is 5.32 Å². The molecule has 1 aromatic heterocycles. The fourth-order valence-electron chi connectivity index (χ4n) is 2.00. The predicted molar refractivity (Wildman–Crippen MR) is 58.2 cm³/mol. The van der Waals surface area contributed by atoms with Crippen LogP contribution in [0.25, 0.3) is 0 Å². The number of rotatable bonds is 2. The summed E-state index contributed by atoms with van der Waals surface area (Å²) in [6.45, 7) is 5.74. The Morgan fingerprint density at radius 2 is 2.46 bits per heavy atom. The number of fused-ring (bicyclic) bond motifs is 1. The molecule has 0 aromatic carbocycles. The maximum Gasteiger partial charge on any atom is 0.0420 e. The van der Waals surface area contributed by atoms with Crippen LogP contribution in [0.2, 0.25) is 0 Å². The average molecular weight is 195 g/mol. The van der Waals surface area contributed by atoms with Crippen molar-refractivity contribution in [2.75, 3.05) is 6.54 Å². The number of thiophene rings is 1. The van der Waals surface area contributed by atoms with Gasteiger partial charge in [-0.3, -0.25) is 0 Å². The minimum absolute atomic E-state index is 0.628. The molecule has 1 unspecified atom stereocenters. The summed E-state index contributed by atoms with van der Waals surface area (Å²) in [6.07, 6.45) is 2.49. The van der Waals surface area contributed by atoms with Gasteiger partial charge in [0.25, 0.3) is 0 Å². The normalized spacial score (nSPS) is 21.9. The van der Waals surface area contributed by atoms with Crippen LogP contribution in [-0.2, 0) is 6.42 Å². The molecule has 0 amide bonds. The number of hydrogen-bond donors (Lipinski definition) is 1. The first kappa shape index (κ1) is 9.22. The molecule has 0 bridgehead atoms. The number of hydrogen-bond acceptors (Lipinski definition) is 2. The van der Waals surface area contributed by atoms with Crippen LogP contribution in [0.15, 0.2) is 11.4 Å². The van der Waals surface area contributed by atoms with Crippen molar-refractivity contribution in [1.29, 1.82) is 0 Å². The SMILES string of the molecule is CC(C)CC1NCCc2ccsc21. The van der Waals surface area contributed by atoms with Gasteiger partial charge in [0, 0.05) is 10.9 Å². The van der Waals surface area contributed by atoms with E-state index in [-0.39, 0.29) is 0 Å². The second-order valence-corrected chi connectivity index (χ2v) is 5.14. The molecule has 0 saturated carbocycles. The molecule has 2 rings (SSSR count). The summed E-state index contributed by atoms with van der Waals surface area (Å²) in [6, 6.07) is 2.91. The zero-order valence-electron chi connectivity index (χ0n) is 8.34. The van der Waals surface area contributed by atoms with Gasteiger partial charge in [-0.05, 0) is 42.3 Å². The van der Waals surface area contributed by atoms with Crippen molar-refractivity contribution >= 4 is 11.3 Å². The molecule has 1 aliphatic rings. The molecule has 1 N–H and O–H groups in total. The Kier molecular flexibility index (Phi) is 2.70. The lowest BCUT2D eigenvalue weighted by Crippen LogP contribution is -2.29. The Morgan fingerprint density at radius 1 is 1.62 bits per heavy atom. The maximum absolute atomic E-state index is 3.60. The Balaban J connectivity index is 2.15. The third-order valence-electron chi connectivity index (χ3n) is 2.59. The first-order valence-corrected chi connectivity index (χ1v) is 5.95. The molecular formula is C11H17NS. The highest BCUT2D eigenvalue weighted by Gasteiger charge is 2.21. The van der Waals surface area contributed by atoms with Crippen molar-refractivity contribution in [3.63, 3.8) is 0 Å². The summed E-state index contributed by atoms with van der Waals surface area (Å²) in [7, 11) is 0. The standard InChI is InChI=1S/C11H17NS/c1-8(2)7-10-11-9(3-5-12-10)4-6-13-11/h4,6,8,10,12H,3,5,7H2,1-2H3. The van der Waals surface area contributed by atoms with E-state index >= 15 is 0 Å². The highest BCUT2D eigenvalue weighted by molar-refractivity contribution is 7.10. The van der Waals surface area contributed by atoms with E-state index in [0.717, 1.165) is 12.5 Å². The van der Waals surface area contributed by atoms with Crippen molar-refractivity contribution in [2.45, 2.75) is 32.7 Å². The Bertz CT molecular complexity index is 277. The molecule has 0 saturated heterocycles. The highest BCUT2D eigenvalue weighted by atomic mass is 32.1. The molecule has 1 aliphatic heterocycles. The molecule has 72 valence electrons. The first-order valence-electron chi connectivity index (χ1n) is 5.07. The fourth-order valence-corrected chi connectivity index (χ4v) is 3.04. The summed E-state index contributed by atoms with van der Waals surface area (Å²) in [4.78, 5) is 1.58. The minimum Gasteiger partial charge on any atom is -0.309 e. The summed E-state index contributed by atoms with van der Waals surface area (Å²) in [5.74, 6) is 0.783. The van der Waals surface area contributed by atoms with Crippen molar-refractivity contribution in [3.8, 4) is 0 Å². The van der Waals surface area contributed by atoms with E-state index < -0.39 is 0 Å². The third kappa shape index (κ3) is 1.94. The summed E-state index contributed by atoms with van der Waals surface area (Å²) in [5, 5.41) is 5.83. The second-order valence-electron chi connectivity index (χ2n) is 4.20. The van der Waals surface area contributed by atoms with Crippen LogP contribution in [-0.4, -0.2) is 6.54 Å². The van der Waals surface area contributed by atoms with Gasteiger partial charge < -0.3 is 5.32 Å². The van der Waals surface area contributed by atoms with E-state index in [4.69, 9.17) is 0 Å². The minimum atomic E-state index is 0.628. The van der Waals surface area contributed by atoms with Crippen LogP contribution in [0.3, 0.4) is 0 Å². The molecule has 1 aromatic rings. The van der Waals surface area contributed by atoms with Gasteiger partial charge in [-0.25, -0.2) is 0 Å². The lowest BCUT2D eigenvalue weighted by molar-refractivity contribution is 0.421. The zero-order chi connectivity index (χ0) is 9.26. The van der Waals surface area contributed by atoms with E-state index in [0.29, 0.717) is 6.04 Å². The van der Waals surface area contributed by atoms with Crippen LogP contribution in [0.4, 0.5) is 0 Å². The van der Waals surface area contributed by atoms with E-state index in [9.17, 15) is 0 Å². The van der Waals surface area contributed by atoms with Crippen LogP contribution >= 0.6 is 11.3 Å². The molecule has 1 nitrogen and oxygen atoms in total. The van der Waals surface area contributed by atoms with Gasteiger partial charge in [-0.2, -0.15) is 0 Å². The zero-order valence-corrected chi connectivity index (χ0v) is 9.16. The van der Waals surface area contributed by atoms with Crippen molar-refractivity contribution in [2.24, 2.45) is 5.92 Å². The van der Waals surface area contributed by atoms with Crippen LogP contribution in [0.5, 0.6) is 0 Å². The highest BCUT2D eigenvalue weighted by Crippen LogP contribution is 2.31. The van der Waals surface area contributed by atoms with E-state index in [1.807, 2.05) is 11.3 Å². The lowest BCUT2D eigenvalue weighted by atomic mass is 9.96. The van der Waals surface area contributed by atoms with Crippen LogP contribution in [0.1, 0.15) is 36.8 Å². The van der Waals surface area contributed by atoms with E-state index in [1.54, 1.807) is 10.4 Å². The summed E-state index contributed by atoms with van der Waals surface area (Å²) < 4.78 is 0. The Morgan fingerprint density at radius 3 is 3.23 bits per heavy atom. The molecule has 0 radical (unpaired) electrons. The quantitative estimate of drug-likeness (QED) is 0.765. The summed E-state index contributed by atoms with van der Waals surface area (Å²) in [5.41, 5.74) is 1.58. The number of nitrogens with one attached hydrogen (secondary N) is 1. The van der Waals surface area contributed by atoms with Crippen molar-refractivity contribution in [3.05, 3.63) is 21.9 Å². The van der Waals surface area contributed by atoms with E-state index in [2.05, 4.69) is 30.6 Å². The molecule has 0 aliphatic carbocycles. The molecule has 13 heavy (non-hydrogen) atoms. The Hall–Kier alpha value is -0.340.